The maximum atomic E-state index is 12.1. The molecule has 1 N–H and O–H groups in total. The van der Waals surface area contributed by atoms with Gasteiger partial charge in [-0.25, -0.2) is 9.97 Å². The third-order valence-electron chi connectivity index (χ3n) is 3.55. The summed E-state index contributed by atoms with van der Waals surface area (Å²) in [6.07, 6.45) is 5.71. The van der Waals surface area contributed by atoms with Gasteiger partial charge in [-0.1, -0.05) is 19.8 Å². The molecule has 1 aliphatic rings. The maximum Gasteiger partial charge on any atom is 0.270 e. The Labute approximate surface area is 120 Å². The number of nitrogens with one attached hydrogen (secondary N) is 1. The Balaban J connectivity index is 2.01. The molecule has 0 aromatic carbocycles. The lowest BCUT2D eigenvalue weighted by Crippen LogP contribution is -2.27. The minimum atomic E-state index is -0.0907. The van der Waals surface area contributed by atoms with Crippen LogP contribution in [0.3, 0.4) is 0 Å². The van der Waals surface area contributed by atoms with Crippen molar-refractivity contribution in [3.05, 3.63) is 17.6 Å². The van der Waals surface area contributed by atoms with Crippen LogP contribution in [0.1, 0.15) is 55.3 Å². The Kier molecular flexibility index (Phi) is 5.32. The summed E-state index contributed by atoms with van der Waals surface area (Å²) in [7, 11) is 0. The standard InChI is InChI=1S/C15H24N4O/c1-3-4-5-8-16-15(20)13-11-14(18-12(2)17-13)19-9-6-7-10-19/h11H,3-10H2,1-2H3,(H,16,20). The summed E-state index contributed by atoms with van der Waals surface area (Å²) < 4.78 is 0. The molecule has 0 atom stereocenters. The molecule has 1 aliphatic heterocycles. The minimum Gasteiger partial charge on any atom is -0.356 e. The molecule has 2 heterocycles. The summed E-state index contributed by atoms with van der Waals surface area (Å²) in [5.74, 6) is 1.45. The minimum absolute atomic E-state index is 0.0907. The molecule has 1 amide bonds. The predicted octanol–water partition coefficient (Wildman–Crippen LogP) is 2.31. The highest BCUT2D eigenvalue weighted by molar-refractivity contribution is 5.92. The lowest BCUT2D eigenvalue weighted by atomic mass is 10.2. The maximum absolute atomic E-state index is 12.1. The molecular weight excluding hydrogens is 252 g/mol. The van der Waals surface area contributed by atoms with E-state index in [9.17, 15) is 4.79 Å². The van der Waals surface area contributed by atoms with Gasteiger partial charge in [0.2, 0.25) is 0 Å². The van der Waals surface area contributed by atoms with Crippen LogP contribution in [0, 0.1) is 6.92 Å². The van der Waals surface area contributed by atoms with Gasteiger partial charge in [0, 0.05) is 25.7 Å². The van der Waals surface area contributed by atoms with Crippen molar-refractivity contribution in [1.82, 2.24) is 15.3 Å². The molecule has 1 aromatic rings. The van der Waals surface area contributed by atoms with Crippen molar-refractivity contribution >= 4 is 11.7 Å². The van der Waals surface area contributed by atoms with Crippen LogP contribution in [0.4, 0.5) is 5.82 Å². The van der Waals surface area contributed by atoms with Crippen molar-refractivity contribution in [3.8, 4) is 0 Å². The lowest BCUT2D eigenvalue weighted by molar-refractivity contribution is 0.0947. The van der Waals surface area contributed by atoms with Crippen molar-refractivity contribution in [3.63, 3.8) is 0 Å². The quantitative estimate of drug-likeness (QED) is 0.810. The number of anilines is 1. The first-order chi connectivity index (χ1) is 9.70. The second-order valence-electron chi connectivity index (χ2n) is 5.32. The summed E-state index contributed by atoms with van der Waals surface area (Å²) >= 11 is 0. The van der Waals surface area contributed by atoms with Crippen LogP contribution < -0.4 is 10.2 Å². The molecule has 0 unspecified atom stereocenters. The zero-order valence-corrected chi connectivity index (χ0v) is 12.5. The fourth-order valence-corrected chi connectivity index (χ4v) is 2.44. The molecule has 1 aromatic heterocycles. The van der Waals surface area contributed by atoms with Gasteiger partial charge in [0.1, 0.15) is 17.3 Å². The van der Waals surface area contributed by atoms with Gasteiger partial charge in [0.05, 0.1) is 0 Å². The zero-order chi connectivity index (χ0) is 14.4. The Morgan fingerprint density at radius 1 is 1.30 bits per heavy atom. The van der Waals surface area contributed by atoms with E-state index in [1.165, 1.54) is 12.8 Å². The van der Waals surface area contributed by atoms with Gasteiger partial charge in [0.25, 0.3) is 5.91 Å². The molecule has 5 nitrogen and oxygen atoms in total. The Bertz CT molecular complexity index is 455. The number of nitrogens with zero attached hydrogens (tertiary/aromatic N) is 3. The first kappa shape index (κ1) is 14.8. The van der Waals surface area contributed by atoms with Gasteiger partial charge in [-0.3, -0.25) is 4.79 Å². The van der Waals surface area contributed by atoms with Crippen molar-refractivity contribution < 1.29 is 4.79 Å². The summed E-state index contributed by atoms with van der Waals surface area (Å²) in [6.45, 7) is 6.75. The molecule has 2 rings (SSSR count). The number of amides is 1. The third kappa shape index (κ3) is 3.92. The van der Waals surface area contributed by atoms with Crippen LogP contribution in [0.15, 0.2) is 6.07 Å². The number of hydrogen-bond donors (Lipinski definition) is 1. The Morgan fingerprint density at radius 3 is 2.75 bits per heavy atom. The summed E-state index contributed by atoms with van der Waals surface area (Å²) in [5.41, 5.74) is 0.482. The van der Waals surface area contributed by atoms with E-state index in [-0.39, 0.29) is 5.91 Å². The van der Waals surface area contributed by atoms with Gasteiger partial charge in [-0.2, -0.15) is 0 Å². The van der Waals surface area contributed by atoms with E-state index in [0.29, 0.717) is 11.5 Å². The summed E-state index contributed by atoms with van der Waals surface area (Å²) in [6, 6.07) is 1.81. The number of rotatable bonds is 6. The van der Waals surface area contributed by atoms with Crippen LogP contribution in [0.5, 0.6) is 0 Å². The van der Waals surface area contributed by atoms with Gasteiger partial charge in [-0.05, 0) is 26.2 Å². The highest BCUT2D eigenvalue weighted by Gasteiger charge is 2.17. The van der Waals surface area contributed by atoms with E-state index >= 15 is 0 Å². The Hall–Kier alpha value is -1.65. The van der Waals surface area contributed by atoms with E-state index in [2.05, 4.69) is 27.1 Å². The normalized spacial score (nSPS) is 14.6. The van der Waals surface area contributed by atoms with E-state index < -0.39 is 0 Å². The number of carbonyl (C=O) groups is 1. The number of carbonyl (C=O) groups excluding carboxylic acids is 1. The molecule has 5 heteroatoms. The van der Waals surface area contributed by atoms with Gasteiger partial charge in [0.15, 0.2) is 0 Å². The lowest BCUT2D eigenvalue weighted by Gasteiger charge is -2.17. The zero-order valence-electron chi connectivity index (χ0n) is 12.5. The Morgan fingerprint density at radius 2 is 2.05 bits per heavy atom. The molecule has 0 radical (unpaired) electrons. The molecule has 0 saturated carbocycles. The molecular formula is C15H24N4O. The topological polar surface area (TPSA) is 58.1 Å². The van der Waals surface area contributed by atoms with Gasteiger partial charge < -0.3 is 10.2 Å². The molecule has 110 valence electrons. The second kappa shape index (κ2) is 7.22. The highest BCUT2D eigenvalue weighted by atomic mass is 16.1. The largest absolute Gasteiger partial charge is 0.356 e. The number of unbranched alkanes of at least 4 members (excludes halogenated alkanes) is 2. The highest BCUT2D eigenvalue weighted by Crippen LogP contribution is 2.18. The van der Waals surface area contributed by atoms with Crippen LogP contribution >= 0.6 is 0 Å². The summed E-state index contributed by atoms with van der Waals surface area (Å²) in [4.78, 5) is 23.0. The number of aromatic nitrogens is 2. The van der Waals surface area contributed by atoms with Gasteiger partial charge >= 0.3 is 0 Å². The molecule has 0 aliphatic carbocycles. The summed E-state index contributed by atoms with van der Waals surface area (Å²) in [5, 5.41) is 2.93. The van der Waals surface area contributed by atoms with Crippen LogP contribution in [-0.2, 0) is 0 Å². The first-order valence-electron chi connectivity index (χ1n) is 7.59. The van der Waals surface area contributed by atoms with E-state index in [0.717, 1.165) is 44.7 Å². The van der Waals surface area contributed by atoms with E-state index in [1.54, 1.807) is 0 Å². The molecule has 20 heavy (non-hydrogen) atoms. The second-order valence-corrected chi connectivity index (χ2v) is 5.32. The third-order valence-corrected chi connectivity index (χ3v) is 3.55. The predicted molar refractivity (Wildman–Crippen MR) is 80.1 cm³/mol. The fourth-order valence-electron chi connectivity index (χ4n) is 2.44. The van der Waals surface area contributed by atoms with Gasteiger partial charge in [-0.15, -0.1) is 0 Å². The average Bonchev–Trinajstić information content (AvgIpc) is 2.97. The smallest absolute Gasteiger partial charge is 0.270 e. The first-order valence-corrected chi connectivity index (χ1v) is 7.59. The van der Waals surface area contributed by atoms with Crippen molar-refractivity contribution in [2.75, 3.05) is 24.5 Å². The SMILES string of the molecule is CCCCCNC(=O)c1cc(N2CCCC2)nc(C)n1. The number of aryl methyl sites for hydroxylation is 1. The van der Waals surface area contributed by atoms with Crippen LogP contribution in [0.2, 0.25) is 0 Å². The van der Waals surface area contributed by atoms with Crippen LogP contribution in [-0.4, -0.2) is 35.5 Å². The van der Waals surface area contributed by atoms with Crippen LogP contribution in [0.25, 0.3) is 0 Å². The molecule has 1 saturated heterocycles. The van der Waals surface area contributed by atoms with E-state index in [4.69, 9.17) is 0 Å². The fraction of sp³-hybridized carbons (Fsp3) is 0.667. The van der Waals surface area contributed by atoms with Crippen molar-refractivity contribution in [2.24, 2.45) is 0 Å². The van der Waals surface area contributed by atoms with Crippen molar-refractivity contribution in [1.29, 1.82) is 0 Å². The van der Waals surface area contributed by atoms with E-state index in [1.807, 2.05) is 13.0 Å². The average molecular weight is 276 g/mol. The number of hydrogen-bond acceptors (Lipinski definition) is 4. The van der Waals surface area contributed by atoms with Crippen molar-refractivity contribution in [2.45, 2.75) is 46.0 Å². The monoisotopic (exact) mass is 276 g/mol. The molecule has 0 bridgehead atoms. The molecule has 1 fully saturated rings. The molecule has 0 spiro atoms.